The van der Waals surface area contributed by atoms with Crippen LogP contribution >= 0.6 is 11.3 Å². The van der Waals surface area contributed by atoms with Crippen LogP contribution < -0.4 is 14.4 Å². The summed E-state index contributed by atoms with van der Waals surface area (Å²) in [6.07, 6.45) is 1.61. The van der Waals surface area contributed by atoms with Crippen molar-refractivity contribution in [2.75, 3.05) is 18.1 Å². The molecular formula is C24H22N2O4S. The van der Waals surface area contributed by atoms with Gasteiger partial charge in [-0.3, -0.25) is 9.69 Å². The number of carbonyl (C=O) groups excluding carboxylic acids is 1. The number of amides is 1. The van der Waals surface area contributed by atoms with Crippen molar-refractivity contribution in [3.8, 4) is 11.5 Å². The van der Waals surface area contributed by atoms with E-state index in [-0.39, 0.29) is 12.5 Å². The molecule has 2 aromatic heterocycles. The zero-order valence-electron chi connectivity index (χ0n) is 17.3. The van der Waals surface area contributed by atoms with Crippen LogP contribution in [0.25, 0.3) is 10.2 Å². The first-order valence-electron chi connectivity index (χ1n) is 10.2. The molecule has 31 heavy (non-hydrogen) atoms. The van der Waals surface area contributed by atoms with Gasteiger partial charge in [-0.2, -0.15) is 0 Å². The smallest absolute Gasteiger partial charge is 0.260 e. The molecule has 158 valence electrons. The molecule has 0 atom stereocenters. The summed E-state index contributed by atoms with van der Waals surface area (Å²) in [6, 6.07) is 15.1. The molecule has 0 saturated carbocycles. The second-order valence-electron chi connectivity index (χ2n) is 7.67. The molecule has 0 unspecified atom stereocenters. The molecule has 0 bridgehead atoms. The molecule has 0 aliphatic carbocycles. The van der Waals surface area contributed by atoms with Crippen LogP contribution in [-0.4, -0.2) is 24.1 Å². The number of anilines is 1. The average molecular weight is 435 g/mol. The Morgan fingerprint density at radius 1 is 1.10 bits per heavy atom. The second-order valence-corrected chi connectivity index (χ2v) is 8.68. The Bertz CT molecular complexity index is 1230. The van der Waals surface area contributed by atoms with Gasteiger partial charge in [0.05, 0.1) is 23.0 Å². The largest absolute Gasteiger partial charge is 0.486 e. The summed E-state index contributed by atoms with van der Waals surface area (Å²) in [4.78, 5) is 20.1. The van der Waals surface area contributed by atoms with Crippen LogP contribution in [0.2, 0.25) is 0 Å². The minimum atomic E-state index is -0.168. The third-order valence-electron chi connectivity index (χ3n) is 5.22. The van der Waals surface area contributed by atoms with Gasteiger partial charge in [0, 0.05) is 5.56 Å². The maximum absolute atomic E-state index is 13.6. The molecule has 1 aliphatic rings. The number of hydrogen-bond donors (Lipinski definition) is 0. The molecule has 1 amide bonds. The van der Waals surface area contributed by atoms with Crippen LogP contribution in [0.4, 0.5) is 5.13 Å². The van der Waals surface area contributed by atoms with Gasteiger partial charge in [-0.1, -0.05) is 37.3 Å². The molecule has 4 aromatic rings. The highest BCUT2D eigenvalue weighted by Gasteiger charge is 2.25. The van der Waals surface area contributed by atoms with Gasteiger partial charge >= 0.3 is 0 Å². The number of para-hydroxylation sites is 1. The van der Waals surface area contributed by atoms with E-state index in [9.17, 15) is 4.79 Å². The molecule has 5 rings (SSSR count). The molecule has 0 saturated heterocycles. The van der Waals surface area contributed by atoms with Gasteiger partial charge < -0.3 is 13.9 Å². The van der Waals surface area contributed by atoms with Crippen LogP contribution in [0, 0.1) is 0 Å². The first-order valence-corrected chi connectivity index (χ1v) is 11.0. The lowest BCUT2D eigenvalue weighted by Gasteiger charge is -2.21. The van der Waals surface area contributed by atoms with Gasteiger partial charge in [0.25, 0.3) is 5.91 Å². The van der Waals surface area contributed by atoms with E-state index in [1.807, 2.05) is 24.3 Å². The topological polar surface area (TPSA) is 64.8 Å². The van der Waals surface area contributed by atoms with Crippen molar-refractivity contribution in [1.82, 2.24) is 4.98 Å². The van der Waals surface area contributed by atoms with Gasteiger partial charge in [-0.15, -0.1) is 0 Å². The van der Waals surface area contributed by atoms with Crippen molar-refractivity contribution in [3.05, 3.63) is 71.7 Å². The van der Waals surface area contributed by atoms with Crippen LogP contribution in [0.3, 0.4) is 0 Å². The normalized spacial score (nSPS) is 13.0. The van der Waals surface area contributed by atoms with Gasteiger partial charge in [0.2, 0.25) is 0 Å². The Labute approximate surface area is 184 Å². The van der Waals surface area contributed by atoms with E-state index in [1.54, 1.807) is 29.4 Å². The standard InChI is InChI=1S/C24H22N2O4S/c1-15(2)18-6-3-7-21-22(18)25-24(31-21)26(14-17-5-4-10-28-17)23(27)16-8-9-19-20(13-16)30-12-11-29-19/h3-10,13,15H,11-12,14H2,1-2H3. The van der Waals surface area contributed by atoms with E-state index in [0.717, 1.165) is 10.2 Å². The molecule has 1 aliphatic heterocycles. The van der Waals surface area contributed by atoms with Crippen LogP contribution in [0.15, 0.2) is 59.2 Å². The van der Waals surface area contributed by atoms with Gasteiger partial charge in [0.1, 0.15) is 19.0 Å². The Morgan fingerprint density at radius 2 is 1.94 bits per heavy atom. The fourth-order valence-electron chi connectivity index (χ4n) is 3.66. The van der Waals surface area contributed by atoms with Crippen molar-refractivity contribution in [2.24, 2.45) is 0 Å². The molecule has 3 heterocycles. The van der Waals surface area contributed by atoms with Gasteiger partial charge in [-0.25, -0.2) is 4.98 Å². The number of fused-ring (bicyclic) bond motifs is 2. The third kappa shape index (κ3) is 3.77. The molecular weight excluding hydrogens is 412 g/mol. The maximum atomic E-state index is 13.6. The Morgan fingerprint density at radius 3 is 2.71 bits per heavy atom. The van der Waals surface area contributed by atoms with E-state index < -0.39 is 0 Å². The minimum absolute atomic E-state index is 0.168. The fraction of sp³-hybridized carbons (Fsp3) is 0.250. The lowest BCUT2D eigenvalue weighted by atomic mass is 10.0. The summed E-state index contributed by atoms with van der Waals surface area (Å²) in [5.74, 6) is 2.10. The summed E-state index contributed by atoms with van der Waals surface area (Å²) in [6.45, 7) is 5.56. The number of ether oxygens (including phenoxy) is 2. The highest BCUT2D eigenvalue weighted by atomic mass is 32.1. The van der Waals surface area contributed by atoms with Gasteiger partial charge in [-0.05, 0) is 47.9 Å². The molecule has 0 spiro atoms. The zero-order chi connectivity index (χ0) is 21.4. The summed E-state index contributed by atoms with van der Waals surface area (Å²) in [5.41, 5.74) is 2.63. The number of benzene rings is 2. The molecule has 7 heteroatoms. The van der Waals surface area contributed by atoms with Crippen LogP contribution in [0.1, 0.15) is 41.4 Å². The third-order valence-corrected chi connectivity index (χ3v) is 6.26. The summed E-state index contributed by atoms with van der Waals surface area (Å²) in [5, 5.41) is 0.638. The summed E-state index contributed by atoms with van der Waals surface area (Å²) >= 11 is 1.51. The molecule has 6 nitrogen and oxygen atoms in total. The predicted octanol–water partition coefficient (Wildman–Crippen LogP) is 5.63. The highest BCUT2D eigenvalue weighted by molar-refractivity contribution is 7.22. The van der Waals surface area contributed by atoms with Crippen molar-refractivity contribution >= 4 is 32.6 Å². The number of nitrogens with zero attached hydrogens (tertiary/aromatic N) is 2. The number of furan rings is 1. The zero-order valence-corrected chi connectivity index (χ0v) is 18.1. The molecule has 0 fully saturated rings. The Balaban J connectivity index is 1.57. The number of thiazole rings is 1. The summed E-state index contributed by atoms with van der Waals surface area (Å²) < 4.78 is 17.8. The summed E-state index contributed by atoms with van der Waals surface area (Å²) in [7, 11) is 0. The lowest BCUT2D eigenvalue weighted by molar-refractivity contribution is 0.0982. The maximum Gasteiger partial charge on any atom is 0.260 e. The SMILES string of the molecule is CC(C)c1cccc2sc(N(Cc3ccco3)C(=O)c3ccc4c(c3)OCCO4)nc12. The van der Waals surface area contributed by atoms with Crippen LogP contribution in [-0.2, 0) is 6.54 Å². The lowest BCUT2D eigenvalue weighted by Crippen LogP contribution is -2.30. The monoisotopic (exact) mass is 434 g/mol. The molecule has 2 aromatic carbocycles. The van der Waals surface area contributed by atoms with Crippen molar-refractivity contribution in [3.63, 3.8) is 0 Å². The van der Waals surface area contributed by atoms with E-state index in [2.05, 4.69) is 19.9 Å². The Hall–Kier alpha value is -3.32. The average Bonchev–Trinajstić information content (AvgIpc) is 3.45. The van der Waals surface area contributed by atoms with Crippen molar-refractivity contribution in [2.45, 2.75) is 26.3 Å². The minimum Gasteiger partial charge on any atom is -0.486 e. The number of aromatic nitrogens is 1. The highest BCUT2D eigenvalue weighted by Crippen LogP contribution is 2.36. The number of carbonyl (C=O) groups is 1. The predicted molar refractivity (Wildman–Crippen MR) is 120 cm³/mol. The molecule has 0 radical (unpaired) electrons. The Kier molecular flexibility index (Phi) is 5.11. The number of hydrogen-bond acceptors (Lipinski definition) is 6. The quantitative estimate of drug-likeness (QED) is 0.407. The number of rotatable bonds is 5. The fourth-order valence-corrected chi connectivity index (χ4v) is 4.65. The van der Waals surface area contributed by atoms with E-state index in [0.29, 0.717) is 47.1 Å². The first kappa shape index (κ1) is 19.6. The van der Waals surface area contributed by atoms with E-state index in [1.165, 1.54) is 16.9 Å². The van der Waals surface area contributed by atoms with Crippen molar-refractivity contribution in [1.29, 1.82) is 0 Å². The second kappa shape index (κ2) is 8.07. The first-order chi connectivity index (χ1) is 15.1. The van der Waals surface area contributed by atoms with Crippen LogP contribution in [0.5, 0.6) is 11.5 Å². The van der Waals surface area contributed by atoms with Gasteiger partial charge in [0.15, 0.2) is 16.6 Å². The van der Waals surface area contributed by atoms with E-state index >= 15 is 0 Å². The molecule has 0 N–H and O–H groups in total. The van der Waals surface area contributed by atoms with Crippen molar-refractivity contribution < 1.29 is 18.7 Å². The van der Waals surface area contributed by atoms with E-state index in [4.69, 9.17) is 18.9 Å².